The molecule has 7 nitrogen and oxygen atoms in total. The molecular formula is C21H22F3N5O2. The zero-order valence-corrected chi connectivity index (χ0v) is 16.9. The van der Waals surface area contributed by atoms with Crippen LogP contribution in [-0.4, -0.2) is 52.0 Å². The molecule has 0 N–H and O–H groups in total. The van der Waals surface area contributed by atoms with Gasteiger partial charge in [-0.15, -0.1) is 0 Å². The van der Waals surface area contributed by atoms with Gasteiger partial charge in [0, 0.05) is 31.7 Å². The van der Waals surface area contributed by atoms with Crippen LogP contribution in [0, 0.1) is 16.7 Å². The van der Waals surface area contributed by atoms with Crippen LogP contribution in [0.25, 0.3) is 11.4 Å². The number of hydrogen-bond acceptors (Lipinski definition) is 6. The van der Waals surface area contributed by atoms with Crippen LogP contribution in [0.2, 0.25) is 0 Å². The summed E-state index contributed by atoms with van der Waals surface area (Å²) in [6.07, 6.45) is -1.37. The molecule has 1 saturated heterocycles. The topological polar surface area (TPSA) is 86.3 Å². The molecule has 1 saturated carbocycles. The van der Waals surface area contributed by atoms with Gasteiger partial charge in [-0.3, -0.25) is 9.69 Å². The number of nitriles is 1. The predicted molar refractivity (Wildman–Crippen MR) is 103 cm³/mol. The van der Waals surface area contributed by atoms with Crippen LogP contribution >= 0.6 is 0 Å². The SMILES string of the molecule is N#CC1(C(=O)N2CCN(Cc3nc(-c4cccc(C(F)(F)F)c4)no3)CC2)CCCC1. The van der Waals surface area contributed by atoms with Gasteiger partial charge in [0.15, 0.2) is 0 Å². The molecule has 1 aliphatic carbocycles. The Morgan fingerprint density at radius 1 is 1.19 bits per heavy atom. The largest absolute Gasteiger partial charge is 0.416 e. The summed E-state index contributed by atoms with van der Waals surface area (Å²) in [5, 5.41) is 13.3. The van der Waals surface area contributed by atoms with E-state index >= 15 is 0 Å². The predicted octanol–water partition coefficient (Wildman–Crippen LogP) is 3.48. The van der Waals surface area contributed by atoms with E-state index in [4.69, 9.17) is 4.52 Å². The number of halogens is 3. The maximum atomic E-state index is 12.9. The van der Waals surface area contributed by atoms with Gasteiger partial charge >= 0.3 is 6.18 Å². The lowest BCUT2D eigenvalue weighted by molar-refractivity contribution is -0.140. The lowest BCUT2D eigenvalue weighted by Crippen LogP contribution is -2.52. The first kappa shape index (κ1) is 21.3. The Hall–Kier alpha value is -2.93. The van der Waals surface area contributed by atoms with Crippen LogP contribution in [0.5, 0.6) is 0 Å². The van der Waals surface area contributed by atoms with Crippen LogP contribution < -0.4 is 0 Å². The molecule has 164 valence electrons. The van der Waals surface area contributed by atoms with Gasteiger partial charge < -0.3 is 9.42 Å². The number of aromatic nitrogens is 2. The molecule has 2 aromatic rings. The molecule has 0 radical (unpaired) electrons. The number of hydrogen-bond donors (Lipinski definition) is 0. The molecule has 1 aromatic carbocycles. The minimum Gasteiger partial charge on any atom is -0.339 e. The Kier molecular flexibility index (Phi) is 5.71. The number of benzene rings is 1. The summed E-state index contributed by atoms with van der Waals surface area (Å²) in [7, 11) is 0. The van der Waals surface area contributed by atoms with Gasteiger partial charge in [-0.05, 0) is 25.0 Å². The van der Waals surface area contributed by atoms with Gasteiger partial charge in [-0.2, -0.15) is 23.4 Å². The van der Waals surface area contributed by atoms with Crippen LogP contribution in [0.15, 0.2) is 28.8 Å². The Morgan fingerprint density at radius 3 is 2.55 bits per heavy atom. The number of alkyl halides is 3. The quantitative estimate of drug-likeness (QED) is 0.734. The summed E-state index contributed by atoms with van der Waals surface area (Å²) >= 11 is 0. The lowest BCUT2D eigenvalue weighted by Gasteiger charge is -2.37. The fraction of sp³-hybridized carbons (Fsp3) is 0.524. The molecule has 0 unspecified atom stereocenters. The average molecular weight is 433 g/mol. The molecule has 2 aliphatic rings. The molecule has 4 rings (SSSR count). The average Bonchev–Trinajstić information content (AvgIpc) is 3.44. The van der Waals surface area contributed by atoms with E-state index < -0.39 is 17.2 Å². The minimum atomic E-state index is -4.44. The standard InChI is InChI=1S/C21H22F3N5O2/c22-21(23,24)16-5-3-4-15(12-16)18-26-17(31-27-18)13-28-8-10-29(11-9-28)19(30)20(14-25)6-1-2-7-20/h3-5,12H,1-2,6-11,13H2. The van der Waals surface area contributed by atoms with E-state index in [0.717, 1.165) is 25.0 Å². The number of rotatable bonds is 4. The van der Waals surface area contributed by atoms with E-state index in [1.807, 2.05) is 4.90 Å². The molecule has 1 amide bonds. The van der Waals surface area contributed by atoms with Gasteiger partial charge in [-0.25, -0.2) is 0 Å². The highest BCUT2D eigenvalue weighted by Crippen LogP contribution is 2.39. The van der Waals surface area contributed by atoms with Crippen molar-refractivity contribution in [1.82, 2.24) is 19.9 Å². The Bertz CT molecular complexity index is 983. The normalized spacial score (nSPS) is 19.4. The fourth-order valence-corrected chi connectivity index (χ4v) is 4.23. The molecule has 0 bridgehead atoms. The monoisotopic (exact) mass is 433 g/mol. The maximum absolute atomic E-state index is 12.9. The molecule has 2 heterocycles. The molecule has 1 aliphatic heterocycles. The van der Waals surface area contributed by atoms with E-state index in [1.165, 1.54) is 12.1 Å². The molecule has 0 spiro atoms. The van der Waals surface area contributed by atoms with Crippen molar-refractivity contribution in [3.05, 3.63) is 35.7 Å². The molecule has 2 fully saturated rings. The minimum absolute atomic E-state index is 0.0724. The number of piperazine rings is 1. The van der Waals surface area contributed by atoms with E-state index in [2.05, 4.69) is 16.2 Å². The second kappa shape index (κ2) is 8.30. The number of carbonyl (C=O) groups is 1. The number of nitrogens with zero attached hydrogens (tertiary/aromatic N) is 5. The fourth-order valence-electron chi connectivity index (χ4n) is 4.23. The molecule has 31 heavy (non-hydrogen) atoms. The molecule has 10 heteroatoms. The molecule has 1 aromatic heterocycles. The van der Waals surface area contributed by atoms with Crippen molar-refractivity contribution in [3.63, 3.8) is 0 Å². The van der Waals surface area contributed by atoms with Crippen LogP contribution in [0.1, 0.15) is 37.1 Å². The highest BCUT2D eigenvalue weighted by Gasteiger charge is 2.44. The van der Waals surface area contributed by atoms with Crippen molar-refractivity contribution >= 4 is 5.91 Å². The van der Waals surface area contributed by atoms with Gasteiger partial charge in [0.2, 0.25) is 17.6 Å². The second-order valence-corrected chi connectivity index (χ2v) is 8.06. The number of amides is 1. The van der Waals surface area contributed by atoms with E-state index in [-0.39, 0.29) is 17.3 Å². The van der Waals surface area contributed by atoms with Crippen molar-refractivity contribution in [2.24, 2.45) is 5.41 Å². The first-order chi connectivity index (χ1) is 14.8. The summed E-state index contributed by atoms with van der Waals surface area (Å²) in [5.41, 5.74) is -1.40. The van der Waals surface area contributed by atoms with E-state index in [9.17, 15) is 23.2 Å². The molecular weight excluding hydrogens is 411 g/mol. The third-order valence-electron chi connectivity index (χ3n) is 6.02. The second-order valence-electron chi connectivity index (χ2n) is 8.06. The first-order valence-electron chi connectivity index (χ1n) is 10.2. The van der Waals surface area contributed by atoms with Crippen molar-refractivity contribution in [2.75, 3.05) is 26.2 Å². The summed E-state index contributed by atoms with van der Waals surface area (Å²) in [6.45, 7) is 2.55. The summed E-state index contributed by atoms with van der Waals surface area (Å²) in [4.78, 5) is 20.9. The van der Waals surface area contributed by atoms with Crippen LogP contribution in [0.4, 0.5) is 13.2 Å². The Morgan fingerprint density at radius 2 is 1.90 bits per heavy atom. The number of carbonyl (C=O) groups excluding carboxylic acids is 1. The zero-order chi connectivity index (χ0) is 22.1. The summed E-state index contributed by atoms with van der Waals surface area (Å²) in [6, 6.07) is 7.05. The first-order valence-corrected chi connectivity index (χ1v) is 10.2. The summed E-state index contributed by atoms with van der Waals surface area (Å²) < 4.78 is 44.0. The van der Waals surface area contributed by atoms with Gasteiger partial charge in [0.05, 0.1) is 18.2 Å². The molecule has 0 atom stereocenters. The van der Waals surface area contributed by atoms with Gasteiger partial charge in [-0.1, -0.05) is 30.1 Å². The van der Waals surface area contributed by atoms with E-state index in [0.29, 0.717) is 51.5 Å². The smallest absolute Gasteiger partial charge is 0.339 e. The zero-order valence-electron chi connectivity index (χ0n) is 16.9. The van der Waals surface area contributed by atoms with Crippen LogP contribution in [-0.2, 0) is 17.5 Å². The van der Waals surface area contributed by atoms with Gasteiger partial charge in [0.25, 0.3) is 0 Å². The summed E-state index contributed by atoms with van der Waals surface area (Å²) in [5.74, 6) is 0.334. The third kappa shape index (κ3) is 4.42. The van der Waals surface area contributed by atoms with Crippen molar-refractivity contribution in [1.29, 1.82) is 5.26 Å². The maximum Gasteiger partial charge on any atom is 0.416 e. The van der Waals surface area contributed by atoms with E-state index in [1.54, 1.807) is 4.90 Å². The van der Waals surface area contributed by atoms with Crippen molar-refractivity contribution in [3.8, 4) is 17.5 Å². The highest BCUT2D eigenvalue weighted by atomic mass is 19.4. The van der Waals surface area contributed by atoms with Gasteiger partial charge in [0.1, 0.15) is 5.41 Å². The third-order valence-corrected chi connectivity index (χ3v) is 6.02. The van der Waals surface area contributed by atoms with Crippen LogP contribution in [0.3, 0.4) is 0 Å². The Labute approximate surface area is 177 Å². The Balaban J connectivity index is 1.36. The van der Waals surface area contributed by atoms with Crippen molar-refractivity contribution < 1.29 is 22.5 Å². The van der Waals surface area contributed by atoms with Crippen molar-refractivity contribution in [2.45, 2.75) is 38.4 Å². The lowest BCUT2D eigenvalue weighted by atomic mass is 9.86. The highest BCUT2D eigenvalue weighted by molar-refractivity contribution is 5.86.